The Morgan fingerprint density at radius 1 is 0.500 bits per heavy atom. The van der Waals surface area contributed by atoms with Crippen molar-refractivity contribution >= 4 is 0 Å². The minimum absolute atomic E-state index is 1.000. The topological polar surface area (TPSA) is 8.81 Å². The largest absolute Gasteiger partial charge is 0.256 e. The quantitative estimate of drug-likeness (QED) is 0.0734. The summed E-state index contributed by atoms with van der Waals surface area (Å²) in [5.41, 5.74) is 1.41. The third kappa shape index (κ3) is 17.3. The predicted molar refractivity (Wildman–Crippen MR) is 176 cm³/mol. The molecule has 0 bridgehead atoms. The van der Waals surface area contributed by atoms with Gasteiger partial charge in [0.05, 0.1) is 6.54 Å². The van der Waals surface area contributed by atoms with E-state index < -0.39 is 0 Å². The highest BCUT2D eigenvalue weighted by molar-refractivity contribution is 5.13. The van der Waals surface area contributed by atoms with Gasteiger partial charge >= 0.3 is 0 Å². The fraction of sp³-hybridized carbons (Fsp3) is 0.763. The van der Waals surface area contributed by atoms with E-state index in [1.54, 1.807) is 5.82 Å². The van der Waals surface area contributed by atoms with Gasteiger partial charge in [0, 0.05) is 6.42 Å². The van der Waals surface area contributed by atoms with Crippen LogP contribution in [-0.2, 0) is 19.5 Å². The number of rotatable bonds is 28. The third-order valence-electron chi connectivity index (χ3n) is 8.79. The van der Waals surface area contributed by atoms with Crippen LogP contribution in [0.1, 0.15) is 179 Å². The van der Waals surface area contributed by atoms with Gasteiger partial charge in [-0.2, -0.15) is 0 Å². The fourth-order valence-corrected chi connectivity index (χ4v) is 6.16. The zero-order valence-corrected chi connectivity index (χ0v) is 27.0. The Morgan fingerprint density at radius 3 is 1.40 bits per heavy atom. The lowest BCUT2D eigenvalue weighted by Gasteiger charge is -2.07. The van der Waals surface area contributed by atoms with Crippen molar-refractivity contribution in [3.63, 3.8) is 0 Å². The van der Waals surface area contributed by atoms with Gasteiger partial charge in [-0.05, 0) is 24.8 Å². The van der Waals surface area contributed by atoms with E-state index in [9.17, 15) is 0 Å². The van der Waals surface area contributed by atoms with Crippen molar-refractivity contribution in [2.45, 2.75) is 187 Å². The van der Waals surface area contributed by atoms with Crippen LogP contribution in [0.3, 0.4) is 0 Å². The van der Waals surface area contributed by atoms with Crippen LogP contribution in [0.15, 0.2) is 42.7 Å². The van der Waals surface area contributed by atoms with Crippen LogP contribution in [0, 0.1) is 0 Å². The number of benzene rings is 1. The molecule has 228 valence electrons. The van der Waals surface area contributed by atoms with Gasteiger partial charge in [-0.15, -0.1) is 0 Å². The van der Waals surface area contributed by atoms with E-state index in [2.05, 4.69) is 65.7 Å². The standard InChI is InChI=1S/C38H67N2/c1-3-5-7-9-11-13-15-16-17-19-21-23-28-32-38-39(34-35-40(38)36-37-30-26-25-27-31-37)33-29-24-22-20-18-14-12-10-8-6-4-2/h25-27,30-31,34-35H,3-24,28-29,32-33,36H2,1-2H3/q+1. The first-order chi connectivity index (χ1) is 19.8. The smallest absolute Gasteiger partial charge is 0.234 e. The van der Waals surface area contributed by atoms with Gasteiger partial charge in [0.15, 0.2) is 0 Å². The first kappa shape index (κ1) is 34.6. The zero-order valence-electron chi connectivity index (χ0n) is 27.0. The molecule has 2 rings (SSSR count). The number of aryl methyl sites for hydroxylation is 1. The van der Waals surface area contributed by atoms with E-state index in [1.165, 1.54) is 173 Å². The summed E-state index contributed by atoms with van der Waals surface area (Å²) in [6, 6.07) is 11.0. The summed E-state index contributed by atoms with van der Waals surface area (Å²) in [5, 5.41) is 0. The average molecular weight is 552 g/mol. The minimum atomic E-state index is 1.000. The van der Waals surface area contributed by atoms with E-state index >= 15 is 0 Å². The molecule has 1 heterocycles. The second-order valence-electron chi connectivity index (χ2n) is 12.5. The van der Waals surface area contributed by atoms with Crippen LogP contribution >= 0.6 is 0 Å². The summed E-state index contributed by atoms with van der Waals surface area (Å²) in [6.07, 6.45) is 40.0. The molecule has 0 radical (unpaired) electrons. The molecule has 0 N–H and O–H groups in total. The molecule has 0 amide bonds. The molecule has 0 spiro atoms. The molecule has 2 aromatic rings. The maximum atomic E-state index is 2.58. The Hall–Kier alpha value is -1.57. The Labute approximate surface area is 250 Å². The van der Waals surface area contributed by atoms with Crippen LogP contribution in [0.5, 0.6) is 0 Å². The first-order valence-electron chi connectivity index (χ1n) is 18.0. The molecule has 1 aromatic heterocycles. The molecule has 1 aromatic carbocycles. The van der Waals surface area contributed by atoms with Crippen molar-refractivity contribution in [3.05, 3.63) is 54.1 Å². The van der Waals surface area contributed by atoms with Gasteiger partial charge in [-0.1, -0.05) is 179 Å². The summed E-state index contributed by atoms with van der Waals surface area (Å²) >= 11 is 0. The molecule has 0 fully saturated rings. The molecule has 0 aliphatic heterocycles. The SMILES string of the molecule is CCCCCCCCCCCCCCCc1n(CCCCCCCCCCCCC)cc[n+]1Cc1ccccc1. The van der Waals surface area contributed by atoms with Gasteiger partial charge in [0.2, 0.25) is 0 Å². The zero-order chi connectivity index (χ0) is 28.4. The lowest BCUT2D eigenvalue weighted by molar-refractivity contribution is -0.695. The molecule has 2 heteroatoms. The Kier molecular flexibility index (Phi) is 21.8. The molecular formula is C38H67N2+. The van der Waals surface area contributed by atoms with Crippen molar-refractivity contribution < 1.29 is 4.57 Å². The number of unbranched alkanes of at least 4 members (excludes halogenated alkanes) is 22. The van der Waals surface area contributed by atoms with Gasteiger partial charge < -0.3 is 0 Å². The molecule has 0 saturated heterocycles. The number of aromatic nitrogens is 2. The number of nitrogens with zero attached hydrogens (tertiary/aromatic N) is 2. The molecule has 0 atom stereocenters. The van der Waals surface area contributed by atoms with Crippen LogP contribution < -0.4 is 4.57 Å². The van der Waals surface area contributed by atoms with E-state index in [-0.39, 0.29) is 0 Å². The molecule has 0 aliphatic carbocycles. The Morgan fingerprint density at radius 2 is 0.925 bits per heavy atom. The summed E-state index contributed by atoms with van der Waals surface area (Å²) in [6.45, 7) is 6.80. The highest BCUT2D eigenvalue weighted by atomic mass is 15.1. The lowest BCUT2D eigenvalue weighted by atomic mass is 10.0. The van der Waals surface area contributed by atoms with Gasteiger partial charge in [-0.3, -0.25) is 0 Å². The van der Waals surface area contributed by atoms with Gasteiger partial charge in [0.1, 0.15) is 18.9 Å². The van der Waals surface area contributed by atoms with Crippen molar-refractivity contribution in [2.75, 3.05) is 0 Å². The number of hydrogen-bond acceptors (Lipinski definition) is 0. The molecule has 2 nitrogen and oxygen atoms in total. The van der Waals surface area contributed by atoms with E-state index in [0.29, 0.717) is 0 Å². The van der Waals surface area contributed by atoms with E-state index in [4.69, 9.17) is 0 Å². The van der Waals surface area contributed by atoms with Crippen molar-refractivity contribution in [1.82, 2.24) is 4.57 Å². The maximum absolute atomic E-state index is 2.58. The van der Waals surface area contributed by atoms with Crippen LogP contribution in [0.25, 0.3) is 0 Å². The van der Waals surface area contributed by atoms with Gasteiger partial charge in [0.25, 0.3) is 5.82 Å². The fourth-order valence-electron chi connectivity index (χ4n) is 6.16. The van der Waals surface area contributed by atoms with Crippen molar-refractivity contribution in [3.8, 4) is 0 Å². The first-order valence-corrected chi connectivity index (χ1v) is 18.0. The molecular weight excluding hydrogens is 484 g/mol. The number of hydrogen-bond donors (Lipinski definition) is 0. The Balaban J connectivity index is 1.64. The highest BCUT2D eigenvalue weighted by Gasteiger charge is 2.17. The van der Waals surface area contributed by atoms with E-state index in [1.807, 2.05) is 0 Å². The summed E-state index contributed by atoms with van der Waals surface area (Å²) in [4.78, 5) is 0. The Bertz CT molecular complexity index is 793. The van der Waals surface area contributed by atoms with Gasteiger partial charge in [-0.25, -0.2) is 9.13 Å². The second kappa shape index (κ2) is 25.2. The lowest BCUT2D eigenvalue weighted by Crippen LogP contribution is -2.37. The molecule has 0 unspecified atom stereocenters. The second-order valence-corrected chi connectivity index (χ2v) is 12.5. The highest BCUT2D eigenvalue weighted by Crippen LogP contribution is 2.15. The van der Waals surface area contributed by atoms with E-state index in [0.717, 1.165) is 6.54 Å². The average Bonchev–Trinajstić information content (AvgIpc) is 3.35. The summed E-state index contributed by atoms with van der Waals surface area (Å²) in [7, 11) is 0. The molecule has 0 aliphatic rings. The molecule has 40 heavy (non-hydrogen) atoms. The molecule has 0 saturated carbocycles. The monoisotopic (exact) mass is 552 g/mol. The minimum Gasteiger partial charge on any atom is -0.234 e. The number of imidazole rings is 1. The summed E-state index contributed by atoms with van der Waals surface area (Å²) in [5.74, 6) is 1.54. The van der Waals surface area contributed by atoms with Crippen LogP contribution in [0.2, 0.25) is 0 Å². The summed E-state index contributed by atoms with van der Waals surface area (Å²) < 4.78 is 5.10. The third-order valence-corrected chi connectivity index (χ3v) is 8.79. The normalized spacial score (nSPS) is 11.4. The van der Waals surface area contributed by atoms with Crippen molar-refractivity contribution in [1.29, 1.82) is 0 Å². The maximum Gasteiger partial charge on any atom is 0.256 e. The van der Waals surface area contributed by atoms with Crippen LogP contribution in [-0.4, -0.2) is 4.57 Å². The predicted octanol–water partition coefficient (Wildman–Crippen LogP) is 11.8. The van der Waals surface area contributed by atoms with Crippen molar-refractivity contribution in [2.24, 2.45) is 0 Å². The van der Waals surface area contributed by atoms with Crippen LogP contribution in [0.4, 0.5) is 0 Å².